The van der Waals surface area contributed by atoms with Crippen molar-refractivity contribution in [3.05, 3.63) is 70.9 Å². The average molecular weight is 383 g/mol. The minimum absolute atomic E-state index is 0.309. The summed E-state index contributed by atoms with van der Waals surface area (Å²) in [6, 6.07) is 16.4. The Balaban J connectivity index is 1.74. The lowest BCUT2D eigenvalue weighted by Crippen LogP contribution is -2.19. The van der Waals surface area contributed by atoms with Crippen LogP contribution in [0.25, 0.3) is 11.3 Å². The number of hydrogen-bond donors (Lipinski definition) is 2. The predicted octanol–water partition coefficient (Wildman–Crippen LogP) is 4.28. The fourth-order valence-corrected chi connectivity index (χ4v) is 2.61. The van der Waals surface area contributed by atoms with Crippen molar-refractivity contribution < 1.29 is 9.53 Å². The zero-order valence-corrected chi connectivity index (χ0v) is 15.7. The van der Waals surface area contributed by atoms with Gasteiger partial charge in [0.1, 0.15) is 11.4 Å². The number of hydrogen-bond acceptors (Lipinski definition) is 4. The molecule has 0 fully saturated rings. The third-order valence-corrected chi connectivity index (χ3v) is 4.12. The van der Waals surface area contributed by atoms with E-state index in [0.717, 1.165) is 16.9 Å². The van der Waals surface area contributed by atoms with Crippen molar-refractivity contribution in [1.29, 1.82) is 0 Å². The first-order valence-corrected chi connectivity index (χ1v) is 8.84. The number of H-pyrrole nitrogens is 1. The molecule has 1 aromatic heterocycles. The molecular weight excluding hydrogens is 364 g/mol. The number of halogens is 1. The van der Waals surface area contributed by atoms with Crippen LogP contribution in [0.2, 0.25) is 5.02 Å². The Labute approximate surface area is 162 Å². The quantitative estimate of drug-likeness (QED) is 0.493. The summed E-state index contributed by atoms with van der Waals surface area (Å²) in [5, 5.41) is 11.7. The molecule has 2 N–H and O–H groups in total. The topological polar surface area (TPSA) is 79.4 Å². The first-order chi connectivity index (χ1) is 13.1. The normalized spacial score (nSPS) is 11.3. The zero-order valence-electron chi connectivity index (χ0n) is 15.0. The van der Waals surface area contributed by atoms with E-state index in [1.54, 1.807) is 25.1 Å². The number of amides is 1. The summed E-state index contributed by atoms with van der Waals surface area (Å²) in [6.45, 7) is 4.27. The van der Waals surface area contributed by atoms with E-state index < -0.39 is 0 Å². The maximum Gasteiger partial charge on any atom is 0.289 e. The maximum atomic E-state index is 12.3. The number of nitrogens with zero attached hydrogens (tertiary/aromatic N) is 2. The van der Waals surface area contributed by atoms with Gasteiger partial charge in [0.2, 0.25) is 0 Å². The first kappa shape index (κ1) is 18.7. The van der Waals surface area contributed by atoms with Gasteiger partial charge in [-0.1, -0.05) is 35.9 Å². The van der Waals surface area contributed by atoms with Crippen LogP contribution in [0, 0.1) is 0 Å². The van der Waals surface area contributed by atoms with Gasteiger partial charge >= 0.3 is 0 Å². The van der Waals surface area contributed by atoms with Crippen molar-refractivity contribution in [2.24, 2.45) is 5.10 Å². The second kappa shape index (κ2) is 8.51. The number of benzene rings is 2. The van der Waals surface area contributed by atoms with Gasteiger partial charge in [-0.2, -0.15) is 10.2 Å². The van der Waals surface area contributed by atoms with Crippen molar-refractivity contribution in [2.75, 3.05) is 6.61 Å². The Morgan fingerprint density at radius 1 is 1.22 bits per heavy atom. The van der Waals surface area contributed by atoms with Crippen LogP contribution in [0.1, 0.15) is 29.9 Å². The third-order valence-electron chi connectivity index (χ3n) is 3.87. The Morgan fingerprint density at radius 3 is 2.70 bits per heavy atom. The molecule has 0 atom stereocenters. The van der Waals surface area contributed by atoms with Gasteiger partial charge in [-0.15, -0.1) is 0 Å². The van der Waals surface area contributed by atoms with Gasteiger partial charge in [0, 0.05) is 10.6 Å². The molecule has 0 saturated heterocycles. The molecule has 0 radical (unpaired) electrons. The Kier molecular flexibility index (Phi) is 5.88. The van der Waals surface area contributed by atoms with Gasteiger partial charge < -0.3 is 4.74 Å². The Bertz CT molecular complexity index is 964. The lowest BCUT2D eigenvalue weighted by atomic mass is 10.1. The van der Waals surface area contributed by atoms with E-state index in [1.807, 2.05) is 43.3 Å². The summed E-state index contributed by atoms with van der Waals surface area (Å²) in [7, 11) is 0. The van der Waals surface area contributed by atoms with E-state index in [-0.39, 0.29) is 5.91 Å². The van der Waals surface area contributed by atoms with E-state index in [1.165, 1.54) is 0 Å². The summed E-state index contributed by atoms with van der Waals surface area (Å²) in [5.41, 5.74) is 5.82. The minimum atomic E-state index is -0.379. The molecule has 27 heavy (non-hydrogen) atoms. The van der Waals surface area contributed by atoms with Gasteiger partial charge in [-0.3, -0.25) is 9.89 Å². The zero-order chi connectivity index (χ0) is 19.2. The molecule has 0 unspecified atom stereocenters. The van der Waals surface area contributed by atoms with Crippen LogP contribution < -0.4 is 10.2 Å². The molecule has 3 rings (SSSR count). The van der Waals surface area contributed by atoms with E-state index in [2.05, 4.69) is 20.7 Å². The number of rotatable bonds is 6. The number of ether oxygens (including phenoxy) is 1. The number of hydrazone groups is 1. The molecule has 0 aliphatic heterocycles. The van der Waals surface area contributed by atoms with Crippen molar-refractivity contribution in [3.8, 4) is 17.0 Å². The molecule has 3 aromatic rings. The third kappa shape index (κ3) is 4.54. The van der Waals surface area contributed by atoms with Crippen LogP contribution >= 0.6 is 11.6 Å². The van der Waals surface area contributed by atoms with Crippen LogP contribution in [0.3, 0.4) is 0 Å². The molecule has 1 amide bonds. The van der Waals surface area contributed by atoms with Crippen LogP contribution in [-0.2, 0) is 0 Å². The molecule has 0 aliphatic carbocycles. The van der Waals surface area contributed by atoms with Crippen molar-refractivity contribution in [1.82, 2.24) is 15.6 Å². The monoisotopic (exact) mass is 382 g/mol. The summed E-state index contributed by atoms with van der Waals surface area (Å²) in [4.78, 5) is 12.3. The van der Waals surface area contributed by atoms with E-state index >= 15 is 0 Å². The van der Waals surface area contributed by atoms with Crippen molar-refractivity contribution in [3.63, 3.8) is 0 Å². The molecule has 6 nitrogen and oxygen atoms in total. The van der Waals surface area contributed by atoms with Crippen molar-refractivity contribution >= 4 is 23.2 Å². The fraction of sp³-hybridized carbons (Fsp3) is 0.150. The number of carbonyl (C=O) groups excluding carboxylic acids is 1. The van der Waals surface area contributed by atoms with Crippen LogP contribution in [-0.4, -0.2) is 28.4 Å². The van der Waals surface area contributed by atoms with E-state index in [9.17, 15) is 4.79 Å². The highest BCUT2D eigenvalue weighted by atomic mass is 35.5. The number of aromatic amines is 1. The molecule has 0 saturated carbocycles. The van der Waals surface area contributed by atoms with Crippen LogP contribution in [0.4, 0.5) is 0 Å². The fourth-order valence-electron chi connectivity index (χ4n) is 2.49. The summed E-state index contributed by atoms with van der Waals surface area (Å²) in [6.07, 6.45) is 0. The molecule has 0 aliphatic rings. The predicted molar refractivity (Wildman–Crippen MR) is 106 cm³/mol. The second-order valence-electron chi connectivity index (χ2n) is 5.74. The molecule has 138 valence electrons. The van der Waals surface area contributed by atoms with Gasteiger partial charge in [0.15, 0.2) is 0 Å². The highest BCUT2D eigenvalue weighted by Gasteiger charge is 2.13. The van der Waals surface area contributed by atoms with Crippen molar-refractivity contribution in [2.45, 2.75) is 13.8 Å². The van der Waals surface area contributed by atoms with Gasteiger partial charge in [0.05, 0.1) is 18.0 Å². The van der Waals surface area contributed by atoms with E-state index in [0.29, 0.717) is 28.7 Å². The number of carbonyl (C=O) groups is 1. The lowest BCUT2D eigenvalue weighted by Gasteiger charge is -2.07. The molecule has 0 spiro atoms. The summed E-state index contributed by atoms with van der Waals surface area (Å²) < 4.78 is 5.61. The Morgan fingerprint density at radius 2 is 1.96 bits per heavy atom. The molecule has 2 aromatic carbocycles. The van der Waals surface area contributed by atoms with Gasteiger partial charge in [-0.25, -0.2) is 5.43 Å². The SMILES string of the molecule is CCOc1ccccc1-c1cc(C(=O)N/N=C(/C)c2ccc(Cl)cc2)[nH]n1. The average Bonchev–Trinajstić information content (AvgIpc) is 3.17. The molecular formula is C20H19ClN4O2. The first-order valence-electron chi connectivity index (χ1n) is 8.46. The minimum Gasteiger partial charge on any atom is -0.493 e. The number of para-hydroxylation sites is 1. The lowest BCUT2D eigenvalue weighted by molar-refractivity contribution is 0.0950. The molecule has 7 heteroatoms. The summed E-state index contributed by atoms with van der Waals surface area (Å²) >= 11 is 5.88. The molecule has 1 heterocycles. The number of aromatic nitrogens is 2. The second-order valence-corrected chi connectivity index (χ2v) is 6.18. The van der Waals surface area contributed by atoms with Gasteiger partial charge in [-0.05, 0) is 49.7 Å². The smallest absolute Gasteiger partial charge is 0.289 e. The van der Waals surface area contributed by atoms with Crippen LogP contribution in [0.15, 0.2) is 59.7 Å². The molecule has 0 bridgehead atoms. The Hall–Kier alpha value is -3.12. The highest BCUT2D eigenvalue weighted by molar-refractivity contribution is 6.30. The standard InChI is InChI=1S/C20H19ClN4O2/c1-3-27-19-7-5-4-6-16(19)17-12-18(24-23-17)20(26)25-22-13(2)14-8-10-15(21)11-9-14/h4-12H,3H2,1-2H3,(H,23,24)(H,25,26)/b22-13-. The maximum absolute atomic E-state index is 12.3. The largest absolute Gasteiger partial charge is 0.493 e. The van der Waals surface area contributed by atoms with Crippen LogP contribution in [0.5, 0.6) is 5.75 Å². The van der Waals surface area contributed by atoms with Gasteiger partial charge in [0.25, 0.3) is 5.91 Å². The van der Waals surface area contributed by atoms with E-state index in [4.69, 9.17) is 16.3 Å². The number of nitrogens with one attached hydrogen (secondary N) is 2. The highest BCUT2D eigenvalue weighted by Crippen LogP contribution is 2.28. The summed E-state index contributed by atoms with van der Waals surface area (Å²) in [5.74, 6) is 0.339.